The van der Waals surface area contributed by atoms with Crippen molar-refractivity contribution in [3.05, 3.63) is 108 Å². The van der Waals surface area contributed by atoms with Gasteiger partial charge in [-0.1, -0.05) is 91.0 Å². The Labute approximate surface area is 193 Å². The van der Waals surface area contributed by atoms with Crippen LogP contribution in [-0.2, 0) is 43.6 Å². The van der Waals surface area contributed by atoms with Crippen molar-refractivity contribution in [2.75, 3.05) is 6.61 Å². The molecule has 6 nitrogen and oxygen atoms in total. The fourth-order valence-corrected chi connectivity index (χ4v) is 3.69. The normalized spacial score (nSPS) is 22.6. The Kier molecular flexibility index (Phi) is 8.22. The minimum absolute atomic E-state index is 0.0540. The lowest BCUT2D eigenvalue weighted by atomic mass is 9.99. The monoisotopic (exact) mass is 448 g/mol. The van der Waals surface area contributed by atoms with E-state index < -0.39 is 30.4 Å². The second kappa shape index (κ2) is 11.7. The number of hydrogen-bond acceptors (Lipinski definition) is 6. The van der Waals surface area contributed by atoms with Crippen molar-refractivity contribution in [2.24, 2.45) is 0 Å². The SMILES string of the molecule is O=C1O[C@H](COCc2ccccc2)[C@@H](O)[C@H](OCc2ccccc2)[C@H]1OCc1ccccc1. The molecule has 1 N–H and O–H groups in total. The first-order valence-corrected chi connectivity index (χ1v) is 11.0. The predicted molar refractivity (Wildman–Crippen MR) is 122 cm³/mol. The van der Waals surface area contributed by atoms with E-state index in [1.807, 2.05) is 91.0 Å². The molecule has 0 spiro atoms. The Morgan fingerprint density at radius 3 is 1.73 bits per heavy atom. The van der Waals surface area contributed by atoms with E-state index >= 15 is 0 Å². The van der Waals surface area contributed by atoms with Crippen LogP contribution in [0.15, 0.2) is 91.0 Å². The number of carbonyl (C=O) groups is 1. The zero-order valence-electron chi connectivity index (χ0n) is 18.3. The topological polar surface area (TPSA) is 74.2 Å². The number of aliphatic hydroxyl groups excluding tert-OH is 1. The van der Waals surface area contributed by atoms with Gasteiger partial charge in [0.15, 0.2) is 12.2 Å². The highest BCUT2D eigenvalue weighted by Crippen LogP contribution is 2.25. The van der Waals surface area contributed by atoms with Gasteiger partial charge in [-0.3, -0.25) is 0 Å². The van der Waals surface area contributed by atoms with E-state index in [0.29, 0.717) is 6.61 Å². The molecule has 1 aliphatic rings. The molecule has 4 rings (SSSR count). The van der Waals surface area contributed by atoms with E-state index in [1.54, 1.807) is 0 Å². The quantitative estimate of drug-likeness (QED) is 0.477. The molecule has 0 bridgehead atoms. The average molecular weight is 449 g/mol. The number of ether oxygens (including phenoxy) is 4. The second-order valence-electron chi connectivity index (χ2n) is 7.95. The lowest BCUT2D eigenvalue weighted by Gasteiger charge is -2.38. The minimum Gasteiger partial charge on any atom is -0.455 e. The zero-order chi connectivity index (χ0) is 22.9. The summed E-state index contributed by atoms with van der Waals surface area (Å²) in [6.45, 7) is 0.843. The van der Waals surface area contributed by atoms with Crippen LogP contribution in [0.25, 0.3) is 0 Å². The van der Waals surface area contributed by atoms with Gasteiger partial charge in [-0.15, -0.1) is 0 Å². The Hall–Kier alpha value is -3.03. The van der Waals surface area contributed by atoms with Crippen molar-refractivity contribution in [3.63, 3.8) is 0 Å². The molecule has 0 saturated carbocycles. The molecule has 1 fully saturated rings. The summed E-state index contributed by atoms with van der Waals surface area (Å²) >= 11 is 0. The fraction of sp³-hybridized carbons (Fsp3) is 0.296. The smallest absolute Gasteiger partial charge is 0.338 e. The third-order valence-corrected chi connectivity index (χ3v) is 5.47. The molecule has 0 amide bonds. The molecule has 33 heavy (non-hydrogen) atoms. The van der Waals surface area contributed by atoms with E-state index in [9.17, 15) is 9.90 Å². The summed E-state index contributed by atoms with van der Waals surface area (Å²) in [6.07, 6.45) is -3.88. The highest BCUT2D eigenvalue weighted by atomic mass is 16.6. The lowest BCUT2D eigenvalue weighted by molar-refractivity contribution is -0.228. The van der Waals surface area contributed by atoms with Crippen LogP contribution in [0, 0.1) is 0 Å². The number of esters is 1. The third kappa shape index (κ3) is 6.49. The van der Waals surface area contributed by atoms with Gasteiger partial charge >= 0.3 is 5.97 Å². The molecular formula is C27H28O6. The number of rotatable bonds is 10. The van der Waals surface area contributed by atoms with Crippen LogP contribution in [0.1, 0.15) is 16.7 Å². The molecule has 0 unspecified atom stereocenters. The summed E-state index contributed by atoms with van der Waals surface area (Å²) in [6, 6.07) is 28.8. The Morgan fingerprint density at radius 2 is 1.18 bits per heavy atom. The van der Waals surface area contributed by atoms with E-state index in [4.69, 9.17) is 18.9 Å². The molecule has 4 atom stereocenters. The Bertz CT molecular complexity index is 979. The van der Waals surface area contributed by atoms with E-state index in [2.05, 4.69) is 0 Å². The number of cyclic esters (lactones) is 1. The molecule has 1 heterocycles. The zero-order valence-corrected chi connectivity index (χ0v) is 18.3. The molecule has 0 aromatic heterocycles. The maximum atomic E-state index is 12.8. The van der Waals surface area contributed by atoms with Gasteiger partial charge < -0.3 is 24.1 Å². The van der Waals surface area contributed by atoms with Crippen molar-refractivity contribution < 1.29 is 28.8 Å². The first-order chi connectivity index (χ1) is 16.2. The van der Waals surface area contributed by atoms with Crippen molar-refractivity contribution in [3.8, 4) is 0 Å². The lowest BCUT2D eigenvalue weighted by Crippen LogP contribution is -2.58. The summed E-state index contributed by atoms with van der Waals surface area (Å²) < 4.78 is 23.1. The molecule has 1 aliphatic heterocycles. The van der Waals surface area contributed by atoms with Gasteiger partial charge in [-0.2, -0.15) is 0 Å². The molecule has 3 aromatic rings. The first-order valence-electron chi connectivity index (χ1n) is 11.0. The summed E-state index contributed by atoms with van der Waals surface area (Å²) in [4.78, 5) is 12.8. The van der Waals surface area contributed by atoms with Gasteiger partial charge in [-0.05, 0) is 16.7 Å². The molecular weight excluding hydrogens is 420 g/mol. The van der Waals surface area contributed by atoms with Gasteiger partial charge in [-0.25, -0.2) is 4.79 Å². The van der Waals surface area contributed by atoms with Crippen LogP contribution in [-0.4, -0.2) is 42.1 Å². The van der Waals surface area contributed by atoms with Gasteiger partial charge in [0.25, 0.3) is 0 Å². The van der Waals surface area contributed by atoms with Crippen LogP contribution in [0.4, 0.5) is 0 Å². The summed E-state index contributed by atoms with van der Waals surface area (Å²) in [5, 5.41) is 11.0. The van der Waals surface area contributed by atoms with Gasteiger partial charge in [0.1, 0.15) is 12.2 Å². The highest BCUT2D eigenvalue weighted by Gasteiger charge is 2.47. The molecule has 3 aromatic carbocycles. The van der Waals surface area contributed by atoms with E-state index in [-0.39, 0.29) is 19.8 Å². The summed E-state index contributed by atoms with van der Waals surface area (Å²) in [5.74, 6) is -0.567. The van der Waals surface area contributed by atoms with Crippen molar-refractivity contribution in [2.45, 2.75) is 44.2 Å². The summed E-state index contributed by atoms with van der Waals surface area (Å²) in [5.41, 5.74) is 2.84. The molecule has 6 heteroatoms. The maximum Gasteiger partial charge on any atom is 0.338 e. The van der Waals surface area contributed by atoms with Crippen molar-refractivity contribution in [1.29, 1.82) is 0 Å². The summed E-state index contributed by atoms with van der Waals surface area (Å²) in [7, 11) is 0. The van der Waals surface area contributed by atoms with Gasteiger partial charge in [0.05, 0.1) is 26.4 Å². The van der Waals surface area contributed by atoms with Gasteiger partial charge in [0.2, 0.25) is 0 Å². The third-order valence-electron chi connectivity index (χ3n) is 5.47. The number of aliphatic hydroxyl groups is 1. The van der Waals surface area contributed by atoms with E-state index in [0.717, 1.165) is 16.7 Å². The number of carbonyl (C=O) groups excluding carboxylic acids is 1. The average Bonchev–Trinajstić information content (AvgIpc) is 2.86. The van der Waals surface area contributed by atoms with E-state index in [1.165, 1.54) is 0 Å². The minimum atomic E-state index is -1.09. The van der Waals surface area contributed by atoms with Crippen LogP contribution in [0.5, 0.6) is 0 Å². The van der Waals surface area contributed by atoms with Crippen molar-refractivity contribution >= 4 is 5.97 Å². The second-order valence-corrected chi connectivity index (χ2v) is 7.95. The standard InChI is InChI=1S/C27H28O6/c28-24-23(19-30-16-20-10-4-1-5-11-20)33-27(29)26(32-18-22-14-8-3-9-15-22)25(24)31-17-21-12-6-2-7-13-21/h1-15,23-26,28H,16-19H2/t23-,24-,25+,26-/m1/s1. The number of benzene rings is 3. The first kappa shape index (κ1) is 23.1. The highest BCUT2D eigenvalue weighted by molar-refractivity contribution is 5.77. The molecule has 172 valence electrons. The van der Waals surface area contributed by atoms with Crippen molar-refractivity contribution in [1.82, 2.24) is 0 Å². The van der Waals surface area contributed by atoms with Crippen LogP contribution < -0.4 is 0 Å². The Balaban J connectivity index is 1.42. The Morgan fingerprint density at radius 1 is 0.697 bits per heavy atom. The largest absolute Gasteiger partial charge is 0.455 e. The molecule has 1 saturated heterocycles. The fourth-order valence-electron chi connectivity index (χ4n) is 3.69. The number of hydrogen-bond donors (Lipinski definition) is 1. The van der Waals surface area contributed by atoms with Crippen LogP contribution in [0.2, 0.25) is 0 Å². The molecule has 0 radical (unpaired) electrons. The van der Waals surface area contributed by atoms with Crippen LogP contribution >= 0.6 is 0 Å². The molecule has 0 aliphatic carbocycles. The predicted octanol–water partition coefficient (Wildman–Crippen LogP) is 3.66. The van der Waals surface area contributed by atoms with Gasteiger partial charge in [0, 0.05) is 0 Å². The van der Waals surface area contributed by atoms with Crippen LogP contribution in [0.3, 0.4) is 0 Å². The maximum absolute atomic E-state index is 12.8.